The summed E-state index contributed by atoms with van der Waals surface area (Å²) < 4.78 is 59.6. The largest absolute Gasteiger partial charge is 0.417 e. The van der Waals surface area contributed by atoms with Crippen LogP contribution >= 0.6 is 10.7 Å². The highest BCUT2D eigenvalue weighted by Gasteiger charge is 2.35. The quantitative estimate of drug-likeness (QED) is 0.745. The van der Waals surface area contributed by atoms with E-state index in [4.69, 9.17) is 15.9 Å². The van der Waals surface area contributed by atoms with E-state index in [0.717, 1.165) is 13.0 Å². The van der Waals surface area contributed by atoms with Gasteiger partial charge >= 0.3 is 6.18 Å². The van der Waals surface area contributed by atoms with Crippen LogP contribution in [0.5, 0.6) is 0 Å². The summed E-state index contributed by atoms with van der Waals surface area (Å²) in [5.74, 6) is 0. The van der Waals surface area contributed by atoms with Crippen LogP contribution in [0, 0.1) is 18.3 Å². The van der Waals surface area contributed by atoms with Crippen molar-refractivity contribution in [2.45, 2.75) is 18.0 Å². The second-order valence-electron chi connectivity index (χ2n) is 3.16. The molecule has 0 radical (unpaired) electrons. The molecule has 1 aromatic carbocycles. The molecule has 0 N–H and O–H groups in total. The molecule has 8 heteroatoms. The molecular formula is C9H5ClF3NO2S. The molecule has 1 rings (SSSR count). The van der Waals surface area contributed by atoms with Crippen LogP contribution in [0.3, 0.4) is 0 Å². The normalized spacial score (nSPS) is 12.2. The van der Waals surface area contributed by atoms with Crippen LogP contribution in [0.25, 0.3) is 0 Å². The van der Waals surface area contributed by atoms with Gasteiger partial charge in [0.05, 0.1) is 16.0 Å². The minimum Gasteiger partial charge on any atom is -0.207 e. The number of halogens is 4. The Morgan fingerprint density at radius 2 is 1.88 bits per heavy atom. The molecule has 1 aromatic rings. The monoisotopic (exact) mass is 283 g/mol. The molecule has 17 heavy (non-hydrogen) atoms. The summed E-state index contributed by atoms with van der Waals surface area (Å²) in [4.78, 5) is -0.497. The van der Waals surface area contributed by atoms with E-state index >= 15 is 0 Å². The molecule has 92 valence electrons. The Morgan fingerprint density at radius 3 is 2.24 bits per heavy atom. The molecule has 0 bridgehead atoms. The molecule has 0 aliphatic carbocycles. The molecule has 0 atom stereocenters. The van der Waals surface area contributed by atoms with Crippen molar-refractivity contribution in [1.82, 2.24) is 0 Å². The molecule has 0 spiro atoms. The topological polar surface area (TPSA) is 57.9 Å². The minimum atomic E-state index is -4.72. The van der Waals surface area contributed by atoms with Crippen LogP contribution in [-0.4, -0.2) is 8.42 Å². The summed E-state index contributed by atoms with van der Waals surface area (Å²) in [5, 5.41) is 8.66. The molecule has 0 saturated heterocycles. The smallest absolute Gasteiger partial charge is 0.207 e. The number of rotatable bonds is 1. The first-order valence-electron chi connectivity index (χ1n) is 4.14. The second kappa shape index (κ2) is 4.20. The van der Waals surface area contributed by atoms with E-state index in [1.54, 1.807) is 0 Å². The van der Waals surface area contributed by atoms with Crippen LogP contribution in [0.2, 0.25) is 0 Å². The molecule has 0 aromatic heterocycles. The van der Waals surface area contributed by atoms with Gasteiger partial charge in [0.2, 0.25) is 0 Å². The zero-order valence-electron chi connectivity index (χ0n) is 8.34. The Labute approximate surface area is 99.8 Å². The fourth-order valence-corrected chi connectivity index (χ4v) is 2.54. The summed E-state index contributed by atoms with van der Waals surface area (Å²) in [6.07, 6.45) is -4.72. The summed E-state index contributed by atoms with van der Waals surface area (Å²) in [5.41, 5.74) is -2.22. The van der Waals surface area contributed by atoms with E-state index in [1.165, 1.54) is 6.07 Å². The van der Waals surface area contributed by atoms with Gasteiger partial charge in [0, 0.05) is 10.7 Å². The Morgan fingerprint density at radius 1 is 1.35 bits per heavy atom. The highest BCUT2D eigenvalue weighted by molar-refractivity contribution is 8.13. The van der Waals surface area contributed by atoms with Crippen molar-refractivity contribution in [1.29, 1.82) is 5.26 Å². The molecule has 3 nitrogen and oxygen atoms in total. The first-order valence-corrected chi connectivity index (χ1v) is 6.45. The third-order valence-electron chi connectivity index (χ3n) is 2.10. The van der Waals surface area contributed by atoms with Crippen LogP contribution in [-0.2, 0) is 15.2 Å². The van der Waals surface area contributed by atoms with E-state index in [1.807, 2.05) is 0 Å². The molecule has 0 unspecified atom stereocenters. The number of hydrogen-bond donors (Lipinski definition) is 0. The maximum atomic E-state index is 12.5. The SMILES string of the molecule is Cc1c(S(=O)(=O)Cl)ccc(C(F)(F)F)c1C#N. The highest BCUT2D eigenvalue weighted by atomic mass is 35.7. The van der Waals surface area contributed by atoms with Gasteiger partial charge in [-0.15, -0.1) is 0 Å². The number of hydrogen-bond acceptors (Lipinski definition) is 3. The van der Waals surface area contributed by atoms with E-state index in [-0.39, 0.29) is 5.56 Å². The van der Waals surface area contributed by atoms with Crippen molar-refractivity contribution < 1.29 is 21.6 Å². The molecule has 0 aliphatic rings. The third kappa shape index (κ3) is 2.70. The fraction of sp³-hybridized carbons (Fsp3) is 0.222. The predicted octanol–water partition coefficient (Wildman–Crippen LogP) is 2.81. The Kier molecular flexibility index (Phi) is 3.41. The lowest BCUT2D eigenvalue weighted by molar-refractivity contribution is -0.137. The average molecular weight is 284 g/mol. The van der Waals surface area contributed by atoms with E-state index in [2.05, 4.69) is 0 Å². The molecule has 0 fully saturated rings. The third-order valence-corrected chi connectivity index (χ3v) is 3.56. The Hall–Kier alpha value is -1.26. The maximum absolute atomic E-state index is 12.5. The average Bonchev–Trinajstić information content (AvgIpc) is 2.13. The molecular weight excluding hydrogens is 279 g/mol. The summed E-state index contributed by atoms with van der Waals surface area (Å²) in [6.45, 7) is 1.10. The van der Waals surface area contributed by atoms with Crippen molar-refractivity contribution in [2.75, 3.05) is 0 Å². The first-order chi connectivity index (χ1) is 7.59. The van der Waals surface area contributed by atoms with E-state index in [9.17, 15) is 21.6 Å². The van der Waals surface area contributed by atoms with E-state index in [0.29, 0.717) is 6.07 Å². The summed E-state index contributed by atoms with van der Waals surface area (Å²) >= 11 is 0. The zero-order valence-corrected chi connectivity index (χ0v) is 9.91. The van der Waals surface area contributed by atoms with Crippen molar-refractivity contribution in [3.05, 3.63) is 28.8 Å². The number of alkyl halides is 3. The standard InChI is InChI=1S/C9H5ClF3NO2S/c1-5-6(4-14)7(9(11,12)13)2-3-8(5)17(10,15)16/h2-3H,1H3. The Balaban J connectivity index is 3.68. The van der Waals surface area contributed by atoms with Gasteiger partial charge in [-0.05, 0) is 24.6 Å². The van der Waals surface area contributed by atoms with Gasteiger partial charge in [-0.2, -0.15) is 18.4 Å². The lowest BCUT2D eigenvalue weighted by atomic mass is 10.0. The van der Waals surface area contributed by atoms with Gasteiger partial charge in [-0.3, -0.25) is 0 Å². The lowest BCUT2D eigenvalue weighted by Gasteiger charge is -2.12. The second-order valence-corrected chi connectivity index (χ2v) is 5.69. The fourth-order valence-electron chi connectivity index (χ4n) is 1.34. The minimum absolute atomic E-state index is 0.308. The summed E-state index contributed by atoms with van der Waals surface area (Å²) in [7, 11) is 0.866. The van der Waals surface area contributed by atoms with Gasteiger partial charge < -0.3 is 0 Å². The Bertz CT molecular complexity index is 602. The molecule has 0 saturated carbocycles. The van der Waals surface area contributed by atoms with Gasteiger partial charge in [0.25, 0.3) is 9.05 Å². The summed E-state index contributed by atoms with van der Waals surface area (Å²) in [6, 6.07) is 2.61. The van der Waals surface area contributed by atoms with Crippen molar-refractivity contribution in [3.63, 3.8) is 0 Å². The van der Waals surface area contributed by atoms with Crippen molar-refractivity contribution >= 4 is 19.7 Å². The van der Waals surface area contributed by atoms with E-state index < -0.39 is 31.2 Å². The zero-order chi connectivity index (χ0) is 13.4. The lowest BCUT2D eigenvalue weighted by Crippen LogP contribution is -2.10. The van der Waals surface area contributed by atoms with Gasteiger partial charge in [-0.1, -0.05) is 0 Å². The predicted molar refractivity (Wildman–Crippen MR) is 53.9 cm³/mol. The molecule has 0 amide bonds. The number of benzene rings is 1. The van der Waals surface area contributed by atoms with Crippen molar-refractivity contribution in [3.8, 4) is 6.07 Å². The van der Waals surface area contributed by atoms with Crippen molar-refractivity contribution in [2.24, 2.45) is 0 Å². The maximum Gasteiger partial charge on any atom is 0.417 e. The van der Waals surface area contributed by atoms with Gasteiger partial charge in [0.15, 0.2) is 0 Å². The molecule has 0 heterocycles. The molecule has 0 aliphatic heterocycles. The van der Waals surface area contributed by atoms with Crippen LogP contribution in [0.1, 0.15) is 16.7 Å². The number of nitrogens with zero attached hydrogens (tertiary/aromatic N) is 1. The van der Waals surface area contributed by atoms with Gasteiger partial charge in [-0.25, -0.2) is 8.42 Å². The van der Waals surface area contributed by atoms with Crippen LogP contribution < -0.4 is 0 Å². The van der Waals surface area contributed by atoms with Crippen LogP contribution in [0.4, 0.5) is 13.2 Å². The first kappa shape index (κ1) is 13.8. The number of nitriles is 1. The highest BCUT2D eigenvalue weighted by Crippen LogP contribution is 2.35. The van der Waals surface area contributed by atoms with Crippen LogP contribution in [0.15, 0.2) is 17.0 Å². The van der Waals surface area contributed by atoms with Gasteiger partial charge in [0.1, 0.15) is 6.07 Å².